The van der Waals surface area contributed by atoms with Gasteiger partial charge in [0.25, 0.3) is 0 Å². The van der Waals surface area contributed by atoms with Crippen molar-refractivity contribution >= 4 is 17.6 Å². The van der Waals surface area contributed by atoms with Gasteiger partial charge in [-0.3, -0.25) is 14.5 Å². The lowest BCUT2D eigenvalue weighted by Gasteiger charge is -2.22. The molecule has 7 nitrogen and oxygen atoms in total. The summed E-state index contributed by atoms with van der Waals surface area (Å²) in [5, 5.41) is 2.95. The van der Waals surface area contributed by atoms with Gasteiger partial charge in [0.05, 0.1) is 34.4 Å². The summed E-state index contributed by atoms with van der Waals surface area (Å²) in [6.07, 6.45) is 0. The quantitative estimate of drug-likeness (QED) is 0.652. The minimum Gasteiger partial charge on any atom is -0.497 e. The molecule has 1 N–H and O–H groups in total. The molecule has 0 spiro atoms. The highest BCUT2D eigenvalue weighted by atomic mass is 16.5. The normalized spacial score (nSPS) is 10.6. The van der Waals surface area contributed by atoms with Gasteiger partial charge in [0.2, 0.25) is 5.91 Å². The summed E-state index contributed by atoms with van der Waals surface area (Å²) in [5.41, 5.74) is 3.61. The number of methoxy groups -OCH3 is 3. The molecule has 0 aliphatic rings. The molecule has 2 aromatic rings. The summed E-state index contributed by atoms with van der Waals surface area (Å²) in [7, 11) is 4.47. The van der Waals surface area contributed by atoms with E-state index in [0.29, 0.717) is 18.0 Å². The minimum atomic E-state index is -0.417. The average Bonchev–Trinajstić information content (AvgIpc) is 2.70. The van der Waals surface area contributed by atoms with Gasteiger partial charge in [0, 0.05) is 18.3 Å². The molecule has 0 atom stereocenters. The van der Waals surface area contributed by atoms with Crippen LogP contribution < -0.4 is 14.8 Å². The first-order valence-electron chi connectivity index (χ1n) is 9.23. The first kappa shape index (κ1) is 22.2. The second-order valence-corrected chi connectivity index (χ2v) is 6.76. The zero-order valence-corrected chi connectivity index (χ0v) is 17.6. The van der Waals surface area contributed by atoms with E-state index < -0.39 is 5.97 Å². The maximum absolute atomic E-state index is 12.7. The molecule has 0 fully saturated rings. The van der Waals surface area contributed by atoms with E-state index in [1.54, 1.807) is 25.2 Å². The van der Waals surface area contributed by atoms with Crippen LogP contribution in [0, 0.1) is 13.8 Å². The Bertz CT molecular complexity index is 824. The van der Waals surface area contributed by atoms with Crippen LogP contribution in [0.5, 0.6) is 11.5 Å². The zero-order chi connectivity index (χ0) is 21.4. The van der Waals surface area contributed by atoms with Gasteiger partial charge in [-0.15, -0.1) is 0 Å². The number of nitrogens with zero attached hydrogens (tertiary/aromatic N) is 1. The molecule has 0 aromatic heterocycles. The predicted molar refractivity (Wildman–Crippen MR) is 111 cm³/mol. The van der Waals surface area contributed by atoms with Crippen molar-refractivity contribution in [3.8, 4) is 11.5 Å². The number of anilines is 1. The van der Waals surface area contributed by atoms with E-state index >= 15 is 0 Å². The largest absolute Gasteiger partial charge is 0.497 e. The van der Waals surface area contributed by atoms with Crippen LogP contribution in [0.2, 0.25) is 0 Å². The lowest BCUT2D eigenvalue weighted by molar-refractivity contribution is -0.142. The van der Waals surface area contributed by atoms with Crippen molar-refractivity contribution in [2.45, 2.75) is 20.4 Å². The standard InChI is InChI=1S/C22H28N2O5/c1-15-7-6-8-16(2)22(15)23-20(25)13-24(14-21(26)29-5)12-17-9-18(27-3)11-19(10-17)28-4/h6-11H,12-14H2,1-5H3,(H,23,25). The summed E-state index contributed by atoms with van der Waals surface area (Å²) in [6.45, 7) is 4.25. The fourth-order valence-electron chi connectivity index (χ4n) is 3.02. The van der Waals surface area contributed by atoms with Crippen LogP contribution in [0.15, 0.2) is 36.4 Å². The zero-order valence-electron chi connectivity index (χ0n) is 17.6. The minimum absolute atomic E-state index is 0.0177. The molecular formula is C22H28N2O5. The van der Waals surface area contributed by atoms with E-state index in [-0.39, 0.29) is 19.0 Å². The Balaban J connectivity index is 2.17. The fourth-order valence-corrected chi connectivity index (χ4v) is 3.02. The molecule has 0 heterocycles. The topological polar surface area (TPSA) is 77.1 Å². The number of hydrogen-bond acceptors (Lipinski definition) is 6. The number of benzene rings is 2. The van der Waals surface area contributed by atoms with Crippen LogP contribution in [-0.2, 0) is 20.9 Å². The number of carbonyl (C=O) groups excluding carboxylic acids is 2. The van der Waals surface area contributed by atoms with Crippen LogP contribution in [0.25, 0.3) is 0 Å². The molecule has 29 heavy (non-hydrogen) atoms. The van der Waals surface area contributed by atoms with Gasteiger partial charge < -0.3 is 19.5 Å². The lowest BCUT2D eigenvalue weighted by Crippen LogP contribution is -2.37. The van der Waals surface area contributed by atoms with Gasteiger partial charge in [0.15, 0.2) is 0 Å². The second-order valence-electron chi connectivity index (χ2n) is 6.76. The number of carbonyl (C=O) groups is 2. The van der Waals surface area contributed by atoms with Crippen molar-refractivity contribution in [1.29, 1.82) is 0 Å². The van der Waals surface area contributed by atoms with Crippen molar-refractivity contribution < 1.29 is 23.8 Å². The number of aryl methyl sites for hydroxylation is 2. The smallest absolute Gasteiger partial charge is 0.319 e. The molecule has 0 aliphatic heterocycles. The Morgan fingerprint density at radius 2 is 1.52 bits per heavy atom. The number of para-hydroxylation sites is 1. The third kappa shape index (κ3) is 6.50. The van der Waals surface area contributed by atoms with E-state index in [4.69, 9.17) is 14.2 Å². The number of hydrogen-bond donors (Lipinski definition) is 1. The predicted octanol–water partition coefficient (Wildman–Crippen LogP) is 2.93. The summed E-state index contributed by atoms with van der Waals surface area (Å²) in [6, 6.07) is 11.3. The van der Waals surface area contributed by atoms with Gasteiger partial charge >= 0.3 is 5.97 Å². The van der Waals surface area contributed by atoms with Crippen molar-refractivity contribution in [3.05, 3.63) is 53.1 Å². The molecule has 0 unspecified atom stereocenters. The highest BCUT2D eigenvalue weighted by molar-refractivity contribution is 5.94. The van der Waals surface area contributed by atoms with E-state index in [0.717, 1.165) is 22.4 Å². The Kier molecular flexibility index (Phi) is 8.03. The monoisotopic (exact) mass is 400 g/mol. The van der Waals surface area contributed by atoms with Crippen molar-refractivity contribution in [2.75, 3.05) is 39.7 Å². The summed E-state index contributed by atoms with van der Waals surface area (Å²) in [5.74, 6) is 0.649. The third-order valence-electron chi connectivity index (χ3n) is 4.51. The van der Waals surface area contributed by atoms with Crippen molar-refractivity contribution in [1.82, 2.24) is 4.90 Å². The molecule has 0 saturated carbocycles. The highest BCUT2D eigenvalue weighted by Gasteiger charge is 2.17. The summed E-state index contributed by atoms with van der Waals surface area (Å²) >= 11 is 0. The van der Waals surface area contributed by atoms with E-state index in [9.17, 15) is 9.59 Å². The Morgan fingerprint density at radius 1 is 0.931 bits per heavy atom. The molecular weight excluding hydrogens is 372 g/mol. The Labute approximate surface area is 171 Å². The first-order valence-corrected chi connectivity index (χ1v) is 9.23. The molecule has 2 rings (SSSR count). The number of rotatable bonds is 9. The van der Waals surface area contributed by atoms with E-state index in [2.05, 4.69) is 5.32 Å². The van der Waals surface area contributed by atoms with Gasteiger partial charge in [-0.1, -0.05) is 18.2 Å². The van der Waals surface area contributed by atoms with Gasteiger partial charge in [-0.05, 0) is 42.7 Å². The summed E-state index contributed by atoms with van der Waals surface area (Å²) < 4.78 is 15.4. The van der Waals surface area contributed by atoms with E-state index in [1.807, 2.05) is 44.2 Å². The van der Waals surface area contributed by atoms with Gasteiger partial charge in [-0.2, -0.15) is 0 Å². The maximum atomic E-state index is 12.7. The number of nitrogens with one attached hydrogen (secondary N) is 1. The van der Waals surface area contributed by atoms with E-state index in [1.165, 1.54) is 7.11 Å². The van der Waals surface area contributed by atoms with Crippen molar-refractivity contribution in [2.24, 2.45) is 0 Å². The average molecular weight is 400 g/mol. The first-order chi connectivity index (χ1) is 13.9. The molecule has 0 saturated heterocycles. The second kappa shape index (κ2) is 10.5. The molecule has 2 aromatic carbocycles. The fraction of sp³-hybridized carbons (Fsp3) is 0.364. The molecule has 7 heteroatoms. The molecule has 156 valence electrons. The lowest BCUT2D eigenvalue weighted by atomic mass is 10.1. The van der Waals surface area contributed by atoms with Crippen LogP contribution in [-0.4, -0.2) is 51.2 Å². The molecule has 1 amide bonds. The molecule has 0 bridgehead atoms. The van der Waals surface area contributed by atoms with Crippen LogP contribution in [0.3, 0.4) is 0 Å². The number of esters is 1. The van der Waals surface area contributed by atoms with Crippen LogP contribution in [0.1, 0.15) is 16.7 Å². The Morgan fingerprint density at radius 3 is 2.03 bits per heavy atom. The summed E-state index contributed by atoms with van der Waals surface area (Å²) in [4.78, 5) is 26.3. The molecule has 0 radical (unpaired) electrons. The van der Waals surface area contributed by atoms with Crippen molar-refractivity contribution in [3.63, 3.8) is 0 Å². The molecule has 0 aliphatic carbocycles. The maximum Gasteiger partial charge on any atom is 0.319 e. The van der Waals surface area contributed by atoms with Gasteiger partial charge in [0.1, 0.15) is 11.5 Å². The van der Waals surface area contributed by atoms with Crippen LogP contribution >= 0.6 is 0 Å². The van der Waals surface area contributed by atoms with Gasteiger partial charge in [-0.25, -0.2) is 0 Å². The number of ether oxygens (including phenoxy) is 3. The van der Waals surface area contributed by atoms with Crippen LogP contribution in [0.4, 0.5) is 5.69 Å². The Hall–Kier alpha value is -3.06. The SMILES string of the molecule is COC(=O)CN(CC(=O)Nc1c(C)cccc1C)Cc1cc(OC)cc(OC)c1. The highest BCUT2D eigenvalue weighted by Crippen LogP contribution is 2.24. The number of amides is 1. The third-order valence-corrected chi connectivity index (χ3v) is 4.51.